The van der Waals surface area contributed by atoms with Crippen molar-refractivity contribution in [3.8, 4) is 5.69 Å². The fourth-order valence-corrected chi connectivity index (χ4v) is 2.29. The lowest BCUT2D eigenvalue weighted by Gasteiger charge is -2.08. The zero-order valence-corrected chi connectivity index (χ0v) is 12.5. The maximum Gasteiger partial charge on any atom is 0.0651 e. The van der Waals surface area contributed by atoms with E-state index in [1.807, 2.05) is 0 Å². The van der Waals surface area contributed by atoms with Crippen molar-refractivity contribution in [2.45, 2.75) is 41.2 Å². The van der Waals surface area contributed by atoms with Gasteiger partial charge in [-0.05, 0) is 57.5 Å². The third-order valence-corrected chi connectivity index (χ3v) is 3.73. The fourth-order valence-electron chi connectivity index (χ4n) is 2.29. The molecule has 0 atom stereocenters. The summed E-state index contributed by atoms with van der Waals surface area (Å²) in [6.07, 6.45) is 0. The summed E-state index contributed by atoms with van der Waals surface area (Å²) in [6, 6.07) is 6.50. The van der Waals surface area contributed by atoms with E-state index in [-0.39, 0.29) is 0 Å². The lowest BCUT2D eigenvalue weighted by atomic mass is 10.1. The van der Waals surface area contributed by atoms with E-state index in [0.29, 0.717) is 0 Å². The molecule has 0 aliphatic rings. The standard InChI is InChI=1S/C16H23N3/c1-6-17-10-16-13(4)18-19(14(16)5)15-8-7-11(2)12(3)9-15/h7-9,17H,6,10H2,1-5H3. The molecule has 3 heteroatoms. The lowest BCUT2D eigenvalue weighted by Crippen LogP contribution is -2.13. The zero-order chi connectivity index (χ0) is 14.0. The van der Waals surface area contributed by atoms with Gasteiger partial charge in [0, 0.05) is 17.8 Å². The molecule has 19 heavy (non-hydrogen) atoms. The SMILES string of the molecule is CCNCc1c(C)nn(-c2ccc(C)c(C)c2)c1C. The monoisotopic (exact) mass is 257 g/mol. The molecule has 2 aromatic rings. The van der Waals surface area contributed by atoms with Gasteiger partial charge in [-0.3, -0.25) is 0 Å². The Labute approximate surface area is 115 Å². The minimum absolute atomic E-state index is 0.888. The Hall–Kier alpha value is -1.61. The predicted octanol–water partition coefficient (Wildman–Crippen LogP) is 3.22. The van der Waals surface area contributed by atoms with E-state index in [1.54, 1.807) is 0 Å². The summed E-state index contributed by atoms with van der Waals surface area (Å²) in [5.74, 6) is 0. The molecule has 1 aromatic carbocycles. The molecule has 102 valence electrons. The normalized spacial score (nSPS) is 11.0. The molecule has 1 aromatic heterocycles. The molecule has 0 fully saturated rings. The minimum Gasteiger partial charge on any atom is -0.313 e. The van der Waals surface area contributed by atoms with Crippen LogP contribution < -0.4 is 5.32 Å². The molecular formula is C16H23N3. The van der Waals surface area contributed by atoms with E-state index in [1.165, 1.54) is 22.4 Å². The second-order valence-electron chi connectivity index (χ2n) is 5.11. The van der Waals surface area contributed by atoms with Crippen LogP contribution in [0.1, 0.15) is 35.0 Å². The molecule has 0 amide bonds. The van der Waals surface area contributed by atoms with Crippen LogP contribution in [0.4, 0.5) is 0 Å². The Bertz CT molecular complexity index is 582. The molecule has 3 nitrogen and oxygen atoms in total. The molecule has 0 saturated heterocycles. The topological polar surface area (TPSA) is 29.9 Å². The number of hydrogen-bond acceptors (Lipinski definition) is 2. The van der Waals surface area contributed by atoms with Gasteiger partial charge in [0.05, 0.1) is 11.4 Å². The van der Waals surface area contributed by atoms with Crippen molar-refractivity contribution in [3.05, 3.63) is 46.3 Å². The molecule has 0 aliphatic carbocycles. The third-order valence-electron chi connectivity index (χ3n) is 3.73. The van der Waals surface area contributed by atoms with Crippen LogP contribution in [0.25, 0.3) is 5.69 Å². The van der Waals surface area contributed by atoms with E-state index < -0.39 is 0 Å². The maximum absolute atomic E-state index is 4.68. The molecule has 1 N–H and O–H groups in total. The van der Waals surface area contributed by atoms with E-state index >= 15 is 0 Å². The zero-order valence-electron chi connectivity index (χ0n) is 12.5. The highest BCUT2D eigenvalue weighted by molar-refractivity contribution is 5.42. The highest BCUT2D eigenvalue weighted by Gasteiger charge is 2.12. The van der Waals surface area contributed by atoms with Crippen molar-refractivity contribution in [2.75, 3.05) is 6.54 Å². The Morgan fingerprint density at radius 2 is 1.84 bits per heavy atom. The molecule has 2 rings (SSSR count). The Morgan fingerprint density at radius 3 is 2.47 bits per heavy atom. The average molecular weight is 257 g/mol. The molecule has 0 saturated carbocycles. The van der Waals surface area contributed by atoms with Crippen molar-refractivity contribution < 1.29 is 0 Å². The van der Waals surface area contributed by atoms with E-state index in [2.05, 4.69) is 67.9 Å². The highest BCUT2D eigenvalue weighted by atomic mass is 15.3. The van der Waals surface area contributed by atoms with Gasteiger partial charge in [-0.15, -0.1) is 0 Å². The first-order valence-corrected chi connectivity index (χ1v) is 6.88. The number of aromatic nitrogens is 2. The van der Waals surface area contributed by atoms with Gasteiger partial charge in [-0.25, -0.2) is 4.68 Å². The summed E-state index contributed by atoms with van der Waals surface area (Å²) in [5, 5.41) is 8.06. The number of rotatable bonds is 4. The fraction of sp³-hybridized carbons (Fsp3) is 0.438. The first kappa shape index (κ1) is 13.8. The molecule has 0 bridgehead atoms. The number of aryl methyl sites for hydroxylation is 3. The summed E-state index contributed by atoms with van der Waals surface area (Å²) in [5.41, 5.74) is 7.40. The first-order chi connectivity index (χ1) is 9.04. The summed E-state index contributed by atoms with van der Waals surface area (Å²) in [7, 11) is 0. The summed E-state index contributed by atoms with van der Waals surface area (Å²) >= 11 is 0. The number of benzene rings is 1. The van der Waals surface area contributed by atoms with Gasteiger partial charge in [0.15, 0.2) is 0 Å². The van der Waals surface area contributed by atoms with Crippen LogP contribution >= 0.6 is 0 Å². The molecular weight excluding hydrogens is 234 g/mol. The van der Waals surface area contributed by atoms with Gasteiger partial charge < -0.3 is 5.32 Å². The summed E-state index contributed by atoms with van der Waals surface area (Å²) in [4.78, 5) is 0. The smallest absolute Gasteiger partial charge is 0.0651 e. The first-order valence-electron chi connectivity index (χ1n) is 6.88. The molecule has 0 unspecified atom stereocenters. The molecule has 1 heterocycles. The van der Waals surface area contributed by atoms with Crippen LogP contribution in [0.15, 0.2) is 18.2 Å². The van der Waals surface area contributed by atoms with Crippen molar-refractivity contribution in [2.24, 2.45) is 0 Å². The second-order valence-corrected chi connectivity index (χ2v) is 5.11. The Kier molecular flexibility index (Phi) is 4.05. The van der Waals surface area contributed by atoms with Crippen LogP contribution in [-0.2, 0) is 6.54 Å². The van der Waals surface area contributed by atoms with Crippen LogP contribution in [-0.4, -0.2) is 16.3 Å². The average Bonchev–Trinajstić information content (AvgIpc) is 2.66. The van der Waals surface area contributed by atoms with Gasteiger partial charge in [-0.2, -0.15) is 5.10 Å². The number of hydrogen-bond donors (Lipinski definition) is 1. The lowest BCUT2D eigenvalue weighted by molar-refractivity contribution is 0.719. The van der Waals surface area contributed by atoms with Crippen LogP contribution in [0.5, 0.6) is 0 Å². The maximum atomic E-state index is 4.68. The van der Waals surface area contributed by atoms with E-state index in [0.717, 1.165) is 24.5 Å². The van der Waals surface area contributed by atoms with E-state index in [9.17, 15) is 0 Å². The van der Waals surface area contributed by atoms with Crippen LogP contribution in [0.3, 0.4) is 0 Å². The molecule has 0 spiro atoms. The largest absolute Gasteiger partial charge is 0.313 e. The molecule has 0 radical (unpaired) electrons. The van der Waals surface area contributed by atoms with Crippen molar-refractivity contribution in [1.82, 2.24) is 15.1 Å². The van der Waals surface area contributed by atoms with E-state index in [4.69, 9.17) is 0 Å². The van der Waals surface area contributed by atoms with Gasteiger partial charge in [0.25, 0.3) is 0 Å². The van der Waals surface area contributed by atoms with Crippen molar-refractivity contribution in [3.63, 3.8) is 0 Å². The Balaban J connectivity index is 2.42. The van der Waals surface area contributed by atoms with Crippen molar-refractivity contribution >= 4 is 0 Å². The van der Waals surface area contributed by atoms with Gasteiger partial charge in [0.1, 0.15) is 0 Å². The Morgan fingerprint density at radius 1 is 1.11 bits per heavy atom. The van der Waals surface area contributed by atoms with Gasteiger partial charge in [0.2, 0.25) is 0 Å². The van der Waals surface area contributed by atoms with Gasteiger partial charge in [-0.1, -0.05) is 13.0 Å². The minimum atomic E-state index is 0.888. The van der Waals surface area contributed by atoms with Crippen LogP contribution in [0.2, 0.25) is 0 Å². The number of nitrogens with zero attached hydrogens (tertiary/aromatic N) is 2. The summed E-state index contributed by atoms with van der Waals surface area (Å²) < 4.78 is 2.05. The van der Waals surface area contributed by atoms with Gasteiger partial charge >= 0.3 is 0 Å². The summed E-state index contributed by atoms with van der Waals surface area (Å²) in [6.45, 7) is 12.5. The van der Waals surface area contributed by atoms with Crippen molar-refractivity contribution in [1.29, 1.82) is 0 Å². The third kappa shape index (κ3) is 2.71. The predicted molar refractivity (Wildman–Crippen MR) is 79.9 cm³/mol. The van der Waals surface area contributed by atoms with Crippen LogP contribution in [0, 0.1) is 27.7 Å². The molecule has 0 aliphatic heterocycles. The number of nitrogens with one attached hydrogen (secondary N) is 1. The highest BCUT2D eigenvalue weighted by Crippen LogP contribution is 2.19. The quantitative estimate of drug-likeness (QED) is 0.911. The second kappa shape index (κ2) is 5.57.